The monoisotopic (exact) mass is 224 g/mol. The summed E-state index contributed by atoms with van der Waals surface area (Å²) >= 11 is 0. The molecule has 1 aliphatic carbocycles. The van der Waals surface area contributed by atoms with Crippen LogP contribution in [0.4, 0.5) is 0 Å². The van der Waals surface area contributed by atoms with Gasteiger partial charge in [-0.2, -0.15) is 0 Å². The van der Waals surface area contributed by atoms with Crippen LogP contribution in [0.3, 0.4) is 0 Å². The van der Waals surface area contributed by atoms with Gasteiger partial charge in [0.15, 0.2) is 0 Å². The summed E-state index contributed by atoms with van der Waals surface area (Å²) in [6, 6.07) is 0. The molecule has 4 nitrogen and oxygen atoms in total. The van der Waals surface area contributed by atoms with E-state index in [1.54, 1.807) is 0 Å². The first-order valence-electron chi connectivity index (χ1n) is 6.11. The average Bonchev–Trinajstić information content (AvgIpc) is 2.77. The van der Waals surface area contributed by atoms with Crippen molar-refractivity contribution in [3.63, 3.8) is 0 Å². The molecule has 1 aliphatic heterocycles. The molecule has 1 saturated carbocycles. The van der Waals surface area contributed by atoms with Crippen LogP contribution in [0.2, 0.25) is 0 Å². The Morgan fingerprint density at radius 3 is 2.25 bits per heavy atom. The largest absolute Gasteiger partial charge is 0.309 e. The molecule has 2 atom stereocenters. The number of carbonyl (C=O) groups is 2. The SMILES string of the molecule is CN(C)CCCN1C(=O)C2CCCC2C1=O. The molecule has 90 valence electrons. The number of hydrogen-bond acceptors (Lipinski definition) is 3. The Bertz CT molecular complexity index is 279. The smallest absolute Gasteiger partial charge is 0.233 e. The van der Waals surface area contributed by atoms with Gasteiger partial charge in [0, 0.05) is 6.54 Å². The fraction of sp³-hybridized carbons (Fsp3) is 0.833. The number of imide groups is 1. The van der Waals surface area contributed by atoms with Crippen molar-refractivity contribution < 1.29 is 9.59 Å². The van der Waals surface area contributed by atoms with E-state index < -0.39 is 0 Å². The van der Waals surface area contributed by atoms with E-state index in [0.29, 0.717) is 6.54 Å². The molecule has 2 fully saturated rings. The lowest BCUT2D eigenvalue weighted by Gasteiger charge is -2.17. The highest BCUT2D eigenvalue weighted by Crippen LogP contribution is 2.39. The molecule has 0 N–H and O–H groups in total. The van der Waals surface area contributed by atoms with Gasteiger partial charge in [0.1, 0.15) is 0 Å². The highest BCUT2D eigenvalue weighted by molar-refractivity contribution is 6.05. The van der Waals surface area contributed by atoms with Gasteiger partial charge in [-0.05, 0) is 39.9 Å². The first-order chi connectivity index (χ1) is 7.61. The van der Waals surface area contributed by atoms with Crippen molar-refractivity contribution >= 4 is 11.8 Å². The van der Waals surface area contributed by atoms with Crippen LogP contribution in [0, 0.1) is 11.8 Å². The van der Waals surface area contributed by atoms with Gasteiger partial charge in [-0.15, -0.1) is 0 Å². The molecule has 0 aromatic carbocycles. The molecular formula is C12H20N2O2. The Morgan fingerprint density at radius 1 is 1.19 bits per heavy atom. The van der Waals surface area contributed by atoms with Crippen LogP contribution in [0.15, 0.2) is 0 Å². The number of rotatable bonds is 4. The third-order valence-electron chi connectivity index (χ3n) is 3.67. The van der Waals surface area contributed by atoms with Crippen molar-refractivity contribution in [2.45, 2.75) is 25.7 Å². The lowest BCUT2D eigenvalue weighted by atomic mass is 10.00. The predicted octanol–water partition coefficient (Wildman–Crippen LogP) is 0.723. The molecule has 2 aliphatic rings. The molecule has 0 radical (unpaired) electrons. The van der Waals surface area contributed by atoms with E-state index in [1.807, 2.05) is 14.1 Å². The van der Waals surface area contributed by atoms with E-state index in [0.717, 1.165) is 32.2 Å². The molecule has 0 spiro atoms. The highest BCUT2D eigenvalue weighted by Gasteiger charge is 2.49. The minimum atomic E-state index is 0.0202. The van der Waals surface area contributed by atoms with E-state index >= 15 is 0 Å². The summed E-state index contributed by atoms with van der Waals surface area (Å²) in [6.07, 6.45) is 3.75. The average molecular weight is 224 g/mol. The quantitative estimate of drug-likeness (QED) is 0.661. The zero-order valence-electron chi connectivity index (χ0n) is 10.1. The second-order valence-electron chi connectivity index (χ2n) is 5.13. The molecule has 0 aromatic heterocycles. The van der Waals surface area contributed by atoms with Crippen molar-refractivity contribution in [1.82, 2.24) is 9.80 Å². The molecule has 4 heteroatoms. The number of amides is 2. The Labute approximate surface area is 96.6 Å². The maximum atomic E-state index is 12.0. The number of likely N-dealkylation sites (tertiary alicyclic amines) is 1. The minimum absolute atomic E-state index is 0.0202. The highest BCUT2D eigenvalue weighted by atomic mass is 16.2. The molecule has 2 unspecified atom stereocenters. The first kappa shape index (κ1) is 11.6. The van der Waals surface area contributed by atoms with Gasteiger partial charge in [-0.3, -0.25) is 14.5 Å². The van der Waals surface area contributed by atoms with Gasteiger partial charge in [-0.25, -0.2) is 0 Å². The summed E-state index contributed by atoms with van der Waals surface area (Å²) in [7, 11) is 4.00. The molecule has 0 aromatic rings. The van der Waals surface area contributed by atoms with Gasteiger partial charge >= 0.3 is 0 Å². The lowest BCUT2D eigenvalue weighted by Crippen LogP contribution is -2.34. The summed E-state index contributed by atoms with van der Waals surface area (Å²) in [5, 5.41) is 0. The Hall–Kier alpha value is -0.900. The van der Waals surface area contributed by atoms with Crippen LogP contribution in [-0.2, 0) is 9.59 Å². The van der Waals surface area contributed by atoms with Crippen molar-refractivity contribution in [2.75, 3.05) is 27.2 Å². The Morgan fingerprint density at radius 2 is 1.75 bits per heavy atom. The van der Waals surface area contributed by atoms with Gasteiger partial charge in [0.2, 0.25) is 11.8 Å². The molecule has 1 heterocycles. The number of fused-ring (bicyclic) bond motifs is 1. The van der Waals surface area contributed by atoms with Crippen LogP contribution in [0.5, 0.6) is 0 Å². The zero-order valence-corrected chi connectivity index (χ0v) is 10.1. The van der Waals surface area contributed by atoms with Gasteiger partial charge in [-0.1, -0.05) is 6.42 Å². The van der Waals surface area contributed by atoms with Crippen LogP contribution in [-0.4, -0.2) is 48.8 Å². The van der Waals surface area contributed by atoms with Gasteiger partial charge < -0.3 is 4.90 Å². The van der Waals surface area contributed by atoms with Crippen molar-refractivity contribution in [3.05, 3.63) is 0 Å². The lowest BCUT2D eigenvalue weighted by molar-refractivity contribution is -0.140. The predicted molar refractivity (Wildman–Crippen MR) is 60.7 cm³/mol. The van der Waals surface area contributed by atoms with E-state index in [9.17, 15) is 9.59 Å². The molecule has 1 saturated heterocycles. The second kappa shape index (κ2) is 4.53. The number of nitrogens with zero attached hydrogens (tertiary/aromatic N) is 2. The number of hydrogen-bond donors (Lipinski definition) is 0. The summed E-state index contributed by atoms with van der Waals surface area (Å²) in [4.78, 5) is 27.5. The van der Waals surface area contributed by atoms with E-state index in [4.69, 9.17) is 0 Å². The molecule has 16 heavy (non-hydrogen) atoms. The van der Waals surface area contributed by atoms with E-state index in [1.165, 1.54) is 4.90 Å². The van der Waals surface area contributed by atoms with Gasteiger partial charge in [0.25, 0.3) is 0 Å². The fourth-order valence-corrected chi connectivity index (χ4v) is 2.83. The normalized spacial score (nSPS) is 29.3. The van der Waals surface area contributed by atoms with Crippen molar-refractivity contribution in [1.29, 1.82) is 0 Å². The van der Waals surface area contributed by atoms with Crippen LogP contribution in [0.25, 0.3) is 0 Å². The Balaban J connectivity index is 1.91. The maximum absolute atomic E-state index is 12.0. The second-order valence-corrected chi connectivity index (χ2v) is 5.13. The topological polar surface area (TPSA) is 40.6 Å². The standard InChI is InChI=1S/C12H20N2O2/c1-13(2)7-4-8-14-11(15)9-5-3-6-10(9)12(14)16/h9-10H,3-8H2,1-2H3. The van der Waals surface area contributed by atoms with E-state index in [-0.39, 0.29) is 23.7 Å². The maximum Gasteiger partial charge on any atom is 0.233 e. The Kier molecular flexibility index (Phi) is 3.28. The molecule has 2 amide bonds. The summed E-state index contributed by atoms with van der Waals surface area (Å²) in [6.45, 7) is 1.52. The summed E-state index contributed by atoms with van der Waals surface area (Å²) < 4.78 is 0. The van der Waals surface area contributed by atoms with Crippen LogP contribution >= 0.6 is 0 Å². The summed E-state index contributed by atoms with van der Waals surface area (Å²) in [5.41, 5.74) is 0. The fourth-order valence-electron chi connectivity index (χ4n) is 2.83. The van der Waals surface area contributed by atoms with Crippen molar-refractivity contribution in [2.24, 2.45) is 11.8 Å². The van der Waals surface area contributed by atoms with E-state index in [2.05, 4.69) is 4.90 Å². The molecular weight excluding hydrogens is 204 g/mol. The first-order valence-corrected chi connectivity index (χ1v) is 6.11. The summed E-state index contributed by atoms with van der Waals surface area (Å²) in [5.74, 6) is 0.219. The van der Waals surface area contributed by atoms with Crippen LogP contribution < -0.4 is 0 Å². The number of carbonyl (C=O) groups excluding carboxylic acids is 2. The third-order valence-corrected chi connectivity index (χ3v) is 3.67. The minimum Gasteiger partial charge on any atom is -0.309 e. The molecule has 0 bridgehead atoms. The molecule has 2 rings (SSSR count). The van der Waals surface area contributed by atoms with Crippen molar-refractivity contribution in [3.8, 4) is 0 Å². The zero-order chi connectivity index (χ0) is 11.7. The third kappa shape index (κ3) is 1.98. The van der Waals surface area contributed by atoms with Crippen LogP contribution in [0.1, 0.15) is 25.7 Å². The van der Waals surface area contributed by atoms with Gasteiger partial charge in [0.05, 0.1) is 11.8 Å².